The third-order valence-electron chi connectivity index (χ3n) is 8.76. The number of esters is 1. The normalized spacial score (nSPS) is 23.0. The second-order valence-corrected chi connectivity index (χ2v) is 12.0. The zero-order valence-electron chi connectivity index (χ0n) is 24.7. The van der Waals surface area contributed by atoms with Gasteiger partial charge in [-0.15, -0.1) is 5.10 Å². The number of hydrogen-bond acceptors (Lipinski definition) is 10. The van der Waals surface area contributed by atoms with Crippen LogP contribution in [0, 0.1) is 24.2 Å². The van der Waals surface area contributed by atoms with E-state index in [1.807, 2.05) is 37.1 Å². The van der Waals surface area contributed by atoms with Crippen molar-refractivity contribution in [2.75, 3.05) is 56.2 Å². The number of carbonyl (C=O) groups is 4. The van der Waals surface area contributed by atoms with Gasteiger partial charge in [-0.3, -0.25) is 25.2 Å². The Morgan fingerprint density at radius 2 is 1.77 bits per heavy atom. The summed E-state index contributed by atoms with van der Waals surface area (Å²) in [5, 5.41) is 4.56. The van der Waals surface area contributed by atoms with E-state index in [1.54, 1.807) is 16.6 Å². The smallest absolute Gasteiger partial charge is 0.356 e. The van der Waals surface area contributed by atoms with Crippen LogP contribution in [0.25, 0.3) is 5.65 Å². The van der Waals surface area contributed by atoms with Crippen LogP contribution in [0.4, 0.5) is 11.5 Å². The number of nitrogens with zero attached hydrogens (tertiary/aromatic N) is 7. The highest BCUT2D eigenvalue weighted by atomic mass is 16.5. The van der Waals surface area contributed by atoms with Crippen molar-refractivity contribution in [3.05, 3.63) is 47.5 Å². The molecule has 3 atom stereocenters. The Kier molecular flexibility index (Phi) is 7.14. The van der Waals surface area contributed by atoms with E-state index in [0.717, 1.165) is 30.2 Å². The van der Waals surface area contributed by atoms with Crippen molar-refractivity contribution in [3.63, 3.8) is 0 Å². The highest BCUT2D eigenvalue weighted by molar-refractivity contribution is 5.91. The summed E-state index contributed by atoms with van der Waals surface area (Å²) in [5.41, 5.74) is 6.83. The second-order valence-electron chi connectivity index (χ2n) is 12.0. The van der Waals surface area contributed by atoms with Crippen LogP contribution >= 0.6 is 0 Å². The molecule has 6 heterocycles. The standard InChI is InChI=1S/C29H35N9O5/c1-17-10-21(35-9-8-29(3,16-35)28(42)33-32-18(2)39)15-38-25(17)31-24(34-38)26(40)37-13-19-11-36(12-20(19)14-37)23-7-5-6-22(30-23)27(41)43-4/h5-7,10,15,19-20H,8-9,11-14,16H2,1-4H3,(H,32,39)(H,33,42)/t19-,20+,29?. The lowest BCUT2D eigenvalue weighted by molar-refractivity contribution is -0.133. The van der Waals surface area contributed by atoms with E-state index in [-0.39, 0.29) is 41.1 Å². The van der Waals surface area contributed by atoms with Gasteiger partial charge in [0.1, 0.15) is 5.82 Å². The monoisotopic (exact) mass is 589 g/mol. The molecule has 0 saturated carbocycles. The fourth-order valence-electron chi connectivity index (χ4n) is 6.36. The van der Waals surface area contributed by atoms with Crippen LogP contribution < -0.4 is 20.7 Å². The van der Waals surface area contributed by atoms with Gasteiger partial charge in [0.25, 0.3) is 5.91 Å². The topological polar surface area (TPSA) is 154 Å². The number of aromatic nitrogens is 4. The van der Waals surface area contributed by atoms with E-state index in [2.05, 4.69) is 35.7 Å². The first-order valence-corrected chi connectivity index (χ1v) is 14.3. The molecular weight excluding hydrogens is 554 g/mol. The van der Waals surface area contributed by atoms with Crippen molar-refractivity contribution >= 4 is 40.8 Å². The molecule has 3 aromatic heterocycles. The summed E-state index contributed by atoms with van der Waals surface area (Å²) in [5.74, 6) is 0.228. The van der Waals surface area contributed by atoms with Crippen molar-refractivity contribution in [1.82, 2.24) is 35.3 Å². The molecule has 43 heavy (non-hydrogen) atoms. The van der Waals surface area contributed by atoms with E-state index in [4.69, 9.17) is 4.74 Å². The molecule has 14 heteroatoms. The number of aryl methyl sites for hydroxylation is 1. The number of anilines is 2. The number of fused-ring (bicyclic) bond motifs is 2. The van der Waals surface area contributed by atoms with E-state index < -0.39 is 11.4 Å². The van der Waals surface area contributed by atoms with Gasteiger partial charge in [-0.25, -0.2) is 19.3 Å². The Balaban J connectivity index is 1.12. The fourth-order valence-corrected chi connectivity index (χ4v) is 6.36. The quantitative estimate of drug-likeness (QED) is 0.323. The Morgan fingerprint density at radius 3 is 2.47 bits per heavy atom. The first-order chi connectivity index (χ1) is 20.5. The number of nitrogens with one attached hydrogen (secondary N) is 2. The van der Waals surface area contributed by atoms with Crippen LogP contribution in [0.5, 0.6) is 0 Å². The minimum atomic E-state index is -0.668. The highest BCUT2D eigenvalue weighted by Crippen LogP contribution is 2.35. The van der Waals surface area contributed by atoms with Gasteiger partial charge in [-0.2, -0.15) is 0 Å². The molecule has 226 valence electrons. The summed E-state index contributed by atoms with van der Waals surface area (Å²) in [7, 11) is 1.34. The van der Waals surface area contributed by atoms with Crippen molar-refractivity contribution in [3.8, 4) is 0 Å². The number of hydrazine groups is 1. The molecule has 3 aromatic rings. The Hall–Kier alpha value is -4.75. The summed E-state index contributed by atoms with van der Waals surface area (Å²) in [6.07, 6.45) is 2.47. The van der Waals surface area contributed by atoms with Gasteiger partial charge in [-0.05, 0) is 44.0 Å². The predicted octanol–water partition coefficient (Wildman–Crippen LogP) is 0.811. The molecule has 0 aromatic carbocycles. The number of methoxy groups -OCH3 is 1. The number of likely N-dealkylation sites (tertiary alicyclic amines) is 1. The molecule has 0 spiro atoms. The van der Waals surface area contributed by atoms with Crippen LogP contribution in [0.2, 0.25) is 0 Å². The largest absolute Gasteiger partial charge is 0.464 e. The second kappa shape index (κ2) is 10.8. The van der Waals surface area contributed by atoms with Crippen molar-refractivity contribution in [2.45, 2.75) is 27.2 Å². The summed E-state index contributed by atoms with van der Waals surface area (Å²) < 4.78 is 6.44. The highest BCUT2D eigenvalue weighted by Gasteiger charge is 2.43. The summed E-state index contributed by atoms with van der Waals surface area (Å²) in [6.45, 7) is 8.96. The van der Waals surface area contributed by atoms with Gasteiger partial charge in [0.05, 0.1) is 24.4 Å². The van der Waals surface area contributed by atoms with E-state index in [1.165, 1.54) is 14.0 Å². The van der Waals surface area contributed by atoms with Crippen LogP contribution in [0.3, 0.4) is 0 Å². The third kappa shape index (κ3) is 5.32. The SMILES string of the molecule is COC(=O)c1cccc(N2C[C@H]3CN(C(=O)c4nc5c(C)cc(N6CCC(C)(C(=O)NNC(C)=O)C6)cn5n4)C[C@H]3C2)n1. The molecule has 3 amide bonds. The van der Waals surface area contributed by atoms with Crippen molar-refractivity contribution < 1.29 is 23.9 Å². The minimum Gasteiger partial charge on any atom is -0.464 e. The molecule has 6 rings (SSSR count). The first kappa shape index (κ1) is 28.4. The van der Waals surface area contributed by atoms with Crippen LogP contribution in [0.1, 0.15) is 46.9 Å². The average Bonchev–Trinajstić information content (AvgIpc) is 3.77. The summed E-state index contributed by atoms with van der Waals surface area (Å²) in [6, 6.07) is 7.31. The van der Waals surface area contributed by atoms with Crippen molar-refractivity contribution in [1.29, 1.82) is 0 Å². The zero-order chi connectivity index (χ0) is 30.5. The molecule has 14 nitrogen and oxygen atoms in total. The molecule has 0 aliphatic carbocycles. The molecule has 3 saturated heterocycles. The molecule has 3 fully saturated rings. The van der Waals surface area contributed by atoms with Crippen LogP contribution in [0.15, 0.2) is 30.5 Å². The lowest BCUT2D eigenvalue weighted by atomic mass is 9.89. The Bertz CT molecular complexity index is 1610. The minimum absolute atomic E-state index is 0.158. The van der Waals surface area contributed by atoms with Crippen LogP contribution in [-0.2, 0) is 14.3 Å². The molecule has 3 aliphatic rings. The number of rotatable bonds is 5. The number of ether oxygens (including phenoxy) is 1. The third-order valence-corrected chi connectivity index (χ3v) is 8.76. The molecule has 2 N–H and O–H groups in total. The van der Waals surface area contributed by atoms with Crippen molar-refractivity contribution in [2.24, 2.45) is 17.3 Å². The average molecular weight is 590 g/mol. The number of pyridine rings is 2. The Morgan fingerprint density at radius 1 is 1.02 bits per heavy atom. The van der Waals surface area contributed by atoms with Gasteiger partial charge in [0.2, 0.25) is 17.6 Å². The van der Waals surface area contributed by atoms with E-state index >= 15 is 0 Å². The van der Waals surface area contributed by atoms with Gasteiger partial charge < -0.3 is 19.4 Å². The first-order valence-electron chi connectivity index (χ1n) is 14.3. The molecule has 1 unspecified atom stereocenters. The summed E-state index contributed by atoms with van der Waals surface area (Å²) in [4.78, 5) is 64.4. The van der Waals surface area contributed by atoms with Gasteiger partial charge >= 0.3 is 5.97 Å². The van der Waals surface area contributed by atoms with Gasteiger partial charge in [0, 0.05) is 58.0 Å². The summed E-state index contributed by atoms with van der Waals surface area (Å²) >= 11 is 0. The maximum atomic E-state index is 13.5. The van der Waals surface area contributed by atoms with E-state index in [0.29, 0.717) is 38.2 Å². The molecule has 3 aliphatic heterocycles. The Labute approximate surface area is 248 Å². The fraction of sp³-hybridized carbons (Fsp3) is 0.483. The number of hydrogen-bond donors (Lipinski definition) is 2. The lowest BCUT2D eigenvalue weighted by Crippen LogP contribution is -2.48. The van der Waals surface area contributed by atoms with Crippen LogP contribution in [-0.4, -0.2) is 94.6 Å². The number of carbonyl (C=O) groups excluding carboxylic acids is 4. The zero-order valence-corrected chi connectivity index (χ0v) is 24.7. The van der Waals surface area contributed by atoms with E-state index in [9.17, 15) is 19.2 Å². The predicted molar refractivity (Wildman–Crippen MR) is 155 cm³/mol. The molecule has 0 radical (unpaired) electrons. The lowest BCUT2D eigenvalue weighted by Gasteiger charge is -2.24. The number of amides is 3. The maximum Gasteiger partial charge on any atom is 0.356 e. The van der Waals surface area contributed by atoms with Gasteiger partial charge in [0.15, 0.2) is 11.3 Å². The molecule has 0 bridgehead atoms. The molecular formula is C29H35N9O5. The maximum absolute atomic E-state index is 13.5. The van der Waals surface area contributed by atoms with Gasteiger partial charge in [-0.1, -0.05) is 6.07 Å².